The summed E-state index contributed by atoms with van der Waals surface area (Å²) in [5.41, 5.74) is 0.233. The zero-order valence-corrected chi connectivity index (χ0v) is 20.2. The van der Waals surface area contributed by atoms with Crippen LogP contribution in [0.5, 0.6) is 0 Å². The number of hydrogen-bond donors (Lipinski definition) is 0. The molecule has 0 aromatic heterocycles. The van der Waals surface area contributed by atoms with E-state index in [1.54, 1.807) is 18.9 Å². The SMILES string of the molecule is COC(C(C)C(=O)N1C(=O)OC(c2ccccc2)C1C)C1CC2CC2N1C(=O)OC(C)(C)C. The third-order valence-corrected chi connectivity index (χ3v) is 6.92. The lowest BCUT2D eigenvalue weighted by atomic mass is 9.92. The van der Waals surface area contributed by atoms with Gasteiger partial charge in [-0.1, -0.05) is 37.3 Å². The predicted octanol–water partition coefficient (Wildman–Crippen LogP) is 4.14. The number of likely N-dealkylation sites (tertiary alicyclic amines) is 1. The van der Waals surface area contributed by atoms with Crippen molar-refractivity contribution in [2.24, 2.45) is 11.8 Å². The first-order valence-corrected chi connectivity index (χ1v) is 11.7. The molecule has 1 saturated carbocycles. The van der Waals surface area contributed by atoms with Crippen LogP contribution in [0.4, 0.5) is 9.59 Å². The Labute approximate surface area is 195 Å². The Hall–Kier alpha value is -2.61. The van der Waals surface area contributed by atoms with E-state index in [-0.39, 0.29) is 24.1 Å². The second-order valence-corrected chi connectivity index (χ2v) is 10.4. The number of piperidine rings is 1. The van der Waals surface area contributed by atoms with Crippen LogP contribution in [0, 0.1) is 11.8 Å². The summed E-state index contributed by atoms with van der Waals surface area (Å²) in [7, 11) is 1.55. The molecule has 3 amide bonds. The first-order chi connectivity index (χ1) is 15.5. The Kier molecular flexibility index (Phi) is 6.16. The van der Waals surface area contributed by atoms with Crippen molar-refractivity contribution < 1.29 is 28.6 Å². The molecular formula is C25H34N2O6. The smallest absolute Gasteiger partial charge is 0.417 e. The summed E-state index contributed by atoms with van der Waals surface area (Å²) in [6.45, 7) is 9.08. The minimum atomic E-state index is -0.652. The molecule has 3 aliphatic rings. The number of hydrogen-bond acceptors (Lipinski definition) is 6. The van der Waals surface area contributed by atoms with Gasteiger partial charge in [0.1, 0.15) is 11.7 Å². The molecular weight excluding hydrogens is 424 g/mol. The first kappa shape index (κ1) is 23.5. The van der Waals surface area contributed by atoms with E-state index in [9.17, 15) is 14.4 Å². The molecule has 2 saturated heterocycles. The number of benzene rings is 1. The fourth-order valence-electron chi connectivity index (χ4n) is 5.27. The van der Waals surface area contributed by atoms with E-state index < -0.39 is 35.9 Å². The maximum Gasteiger partial charge on any atom is 0.417 e. The minimum Gasteiger partial charge on any atom is -0.444 e. The summed E-state index contributed by atoms with van der Waals surface area (Å²) in [6, 6.07) is 8.80. The van der Waals surface area contributed by atoms with Crippen molar-refractivity contribution >= 4 is 18.1 Å². The van der Waals surface area contributed by atoms with E-state index in [0.717, 1.165) is 18.4 Å². The van der Waals surface area contributed by atoms with Gasteiger partial charge in [-0.3, -0.25) is 9.69 Å². The fourth-order valence-corrected chi connectivity index (χ4v) is 5.27. The van der Waals surface area contributed by atoms with E-state index >= 15 is 0 Å². The molecule has 1 aromatic rings. The normalized spacial score (nSPS) is 30.5. The third kappa shape index (κ3) is 4.45. The van der Waals surface area contributed by atoms with Crippen molar-refractivity contribution in [1.29, 1.82) is 0 Å². The molecule has 2 aliphatic heterocycles. The van der Waals surface area contributed by atoms with Crippen LogP contribution in [0.2, 0.25) is 0 Å². The Morgan fingerprint density at radius 3 is 2.42 bits per heavy atom. The van der Waals surface area contributed by atoms with Gasteiger partial charge in [0.05, 0.1) is 24.1 Å². The van der Waals surface area contributed by atoms with Gasteiger partial charge < -0.3 is 14.2 Å². The Morgan fingerprint density at radius 2 is 1.82 bits per heavy atom. The summed E-state index contributed by atoms with van der Waals surface area (Å²) < 4.78 is 17.0. The molecule has 1 aliphatic carbocycles. The van der Waals surface area contributed by atoms with Crippen molar-refractivity contribution in [2.75, 3.05) is 7.11 Å². The molecule has 180 valence electrons. The highest BCUT2D eigenvalue weighted by molar-refractivity contribution is 5.95. The van der Waals surface area contributed by atoms with Crippen LogP contribution >= 0.6 is 0 Å². The number of carbonyl (C=O) groups excluding carboxylic acids is 3. The number of imide groups is 1. The predicted molar refractivity (Wildman–Crippen MR) is 120 cm³/mol. The zero-order valence-electron chi connectivity index (χ0n) is 20.2. The van der Waals surface area contributed by atoms with Crippen LogP contribution in [-0.2, 0) is 19.0 Å². The lowest BCUT2D eigenvalue weighted by Crippen LogP contribution is -2.53. The quantitative estimate of drug-likeness (QED) is 0.659. The number of carbonyl (C=O) groups is 3. The van der Waals surface area contributed by atoms with E-state index in [0.29, 0.717) is 5.92 Å². The zero-order chi connectivity index (χ0) is 24.1. The molecule has 2 heterocycles. The van der Waals surface area contributed by atoms with Crippen molar-refractivity contribution in [3.63, 3.8) is 0 Å². The van der Waals surface area contributed by atoms with Gasteiger partial charge in [-0.25, -0.2) is 14.5 Å². The van der Waals surface area contributed by atoms with Gasteiger partial charge in [0.2, 0.25) is 5.91 Å². The summed E-state index contributed by atoms with van der Waals surface area (Å²) in [5, 5.41) is 0. The molecule has 8 nitrogen and oxygen atoms in total. The number of methoxy groups -OCH3 is 1. The van der Waals surface area contributed by atoms with Crippen molar-refractivity contribution in [2.45, 2.75) is 83.4 Å². The van der Waals surface area contributed by atoms with Gasteiger partial charge in [-0.15, -0.1) is 0 Å². The molecule has 1 aromatic carbocycles. The molecule has 0 spiro atoms. The van der Waals surface area contributed by atoms with Gasteiger partial charge in [0.15, 0.2) is 0 Å². The summed E-state index contributed by atoms with van der Waals surface area (Å²) in [4.78, 5) is 42.1. The highest BCUT2D eigenvalue weighted by Crippen LogP contribution is 2.50. The molecule has 0 N–H and O–H groups in total. The van der Waals surface area contributed by atoms with Gasteiger partial charge in [0.25, 0.3) is 0 Å². The van der Waals surface area contributed by atoms with E-state index in [2.05, 4.69) is 0 Å². The average molecular weight is 459 g/mol. The van der Waals surface area contributed by atoms with Crippen molar-refractivity contribution in [1.82, 2.24) is 9.80 Å². The summed E-state index contributed by atoms with van der Waals surface area (Å²) in [6.07, 6.45) is -0.407. The van der Waals surface area contributed by atoms with Crippen LogP contribution < -0.4 is 0 Å². The van der Waals surface area contributed by atoms with Gasteiger partial charge in [-0.2, -0.15) is 0 Å². The maximum atomic E-state index is 13.5. The van der Waals surface area contributed by atoms with E-state index in [1.807, 2.05) is 58.0 Å². The standard InChI is InChI=1S/C25H34N2O6/c1-14(22(28)26-15(2)21(32-23(26)29)16-10-8-7-9-11-16)20(31-6)19-13-17-12-18(17)27(19)24(30)33-25(3,4)5/h7-11,14-15,17-21H,12-13H2,1-6H3. The third-order valence-electron chi connectivity index (χ3n) is 6.92. The highest BCUT2D eigenvalue weighted by atomic mass is 16.6. The molecule has 7 unspecified atom stereocenters. The summed E-state index contributed by atoms with van der Waals surface area (Å²) >= 11 is 0. The minimum absolute atomic E-state index is 0.128. The molecule has 0 radical (unpaired) electrons. The monoisotopic (exact) mass is 458 g/mol. The van der Waals surface area contributed by atoms with Crippen LogP contribution in [0.25, 0.3) is 0 Å². The van der Waals surface area contributed by atoms with Gasteiger partial charge >= 0.3 is 12.2 Å². The Morgan fingerprint density at radius 1 is 1.15 bits per heavy atom. The van der Waals surface area contributed by atoms with Crippen LogP contribution in [0.1, 0.15) is 59.1 Å². The lowest BCUT2D eigenvalue weighted by molar-refractivity contribution is -0.139. The number of nitrogens with zero attached hydrogens (tertiary/aromatic N) is 2. The Bertz CT molecular complexity index is 913. The van der Waals surface area contributed by atoms with Crippen LogP contribution in [0.3, 0.4) is 0 Å². The molecule has 4 rings (SSSR count). The highest BCUT2D eigenvalue weighted by Gasteiger charge is 2.58. The van der Waals surface area contributed by atoms with E-state index in [4.69, 9.17) is 14.2 Å². The number of cyclic esters (lactones) is 1. The summed E-state index contributed by atoms with van der Waals surface area (Å²) in [5.74, 6) is -0.602. The van der Waals surface area contributed by atoms with Crippen molar-refractivity contribution in [3.05, 3.63) is 35.9 Å². The maximum absolute atomic E-state index is 13.5. The average Bonchev–Trinajstić information content (AvgIpc) is 3.30. The topological polar surface area (TPSA) is 85.4 Å². The number of rotatable bonds is 5. The molecule has 8 heteroatoms. The molecule has 0 bridgehead atoms. The first-order valence-electron chi connectivity index (χ1n) is 11.7. The van der Waals surface area contributed by atoms with Crippen LogP contribution in [-0.4, -0.2) is 64.8 Å². The largest absolute Gasteiger partial charge is 0.444 e. The molecule has 33 heavy (non-hydrogen) atoms. The fraction of sp³-hybridized carbons (Fsp3) is 0.640. The lowest BCUT2D eigenvalue weighted by Gasteiger charge is -2.37. The number of ether oxygens (including phenoxy) is 3. The van der Waals surface area contributed by atoms with Gasteiger partial charge in [0, 0.05) is 13.2 Å². The van der Waals surface area contributed by atoms with E-state index in [1.165, 1.54) is 4.90 Å². The molecule has 7 atom stereocenters. The van der Waals surface area contributed by atoms with Crippen LogP contribution in [0.15, 0.2) is 30.3 Å². The van der Waals surface area contributed by atoms with Crippen molar-refractivity contribution in [3.8, 4) is 0 Å². The Balaban J connectivity index is 1.51. The number of amides is 3. The number of fused-ring (bicyclic) bond motifs is 1. The second-order valence-electron chi connectivity index (χ2n) is 10.4. The second kappa shape index (κ2) is 8.63. The van der Waals surface area contributed by atoms with Gasteiger partial charge in [-0.05, 0) is 52.0 Å². The molecule has 3 fully saturated rings.